The lowest BCUT2D eigenvalue weighted by Crippen LogP contribution is -2.40. The van der Waals surface area contributed by atoms with E-state index in [2.05, 4.69) is 25.3 Å². The number of carbonyl (C=O) groups excluding carboxylic acids is 2. The Morgan fingerprint density at radius 3 is 2.60 bits per heavy atom. The Morgan fingerprint density at radius 2 is 1.93 bits per heavy atom. The first-order valence-corrected chi connectivity index (χ1v) is 11.6. The zero-order valence-electron chi connectivity index (χ0n) is 15.7. The smallest absolute Gasteiger partial charge is 0.290 e. The maximum absolute atomic E-state index is 12.3. The number of hydrogen-bond donors (Lipinski definition) is 3. The second-order valence-electron chi connectivity index (χ2n) is 6.90. The molecule has 0 spiro atoms. The number of nitrogens with zero attached hydrogens (tertiary/aromatic N) is 2. The van der Waals surface area contributed by atoms with Gasteiger partial charge in [0.15, 0.2) is 0 Å². The number of furan rings is 1. The van der Waals surface area contributed by atoms with Gasteiger partial charge in [0.2, 0.25) is 11.0 Å². The van der Waals surface area contributed by atoms with Crippen LogP contribution in [-0.2, 0) is 14.8 Å². The van der Waals surface area contributed by atoms with E-state index in [0.717, 1.165) is 24.6 Å². The molecule has 2 fully saturated rings. The number of aromatic nitrogens is 2. The van der Waals surface area contributed by atoms with Crippen LogP contribution in [0.5, 0.6) is 0 Å². The number of anilines is 1. The van der Waals surface area contributed by atoms with Crippen molar-refractivity contribution >= 4 is 45.0 Å². The van der Waals surface area contributed by atoms with Crippen LogP contribution in [0.15, 0.2) is 45.1 Å². The Balaban J connectivity index is 1.33. The minimum Gasteiger partial charge on any atom is -0.452 e. The SMILES string of the molecule is O=C1NC(=O)/C(=C/c2ccnc(N[C@H]3CC[C@H](NS(=O)(=O)c4ccco4)CC3)n2)S1. The second-order valence-corrected chi connectivity index (χ2v) is 9.56. The Hall–Kier alpha value is -2.70. The molecule has 1 aliphatic carbocycles. The lowest BCUT2D eigenvalue weighted by atomic mass is 9.92. The minimum atomic E-state index is -3.65. The molecule has 3 N–H and O–H groups in total. The highest BCUT2D eigenvalue weighted by molar-refractivity contribution is 8.18. The van der Waals surface area contributed by atoms with Crippen molar-refractivity contribution in [2.75, 3.05) is 5.32 Å². The van der Waals surface area contributed by atoms with Crippen molar-refractivity contribution in [2.45, 2.75) is 42.9 Å². The van der Waals surface area contributed by atoms with E-state index >= 15 is 0 Å². The fraction of sp³-hybridized carbons (Fsp3) is 0.333. The molecule has 12 heteroatoms. The highest BCUT2D eigenvalue weighted by atomic mass is 32.2. The van der Waals surface area contributed by atoms with Crippen LogP contribution in [0, 0.1) is 0 Å². The van der Waals surface area contributed by atoms with Gasteiger partial charge in [-0.25, -0.2) is 23.1 Å². The molecule has 2 amide bonds. The molecule has 2 aromatic heterocycles. The number of amides is 2. The van der Waals surface area contributed by atoms with E-state index in [0.29, 0.717) is 24.5 Å². The molecule has 0 radical (unpaired) electrons. The van der Waals surface area contributed by atoms with Gasteiger partial charge in [-0.1, -0.05) is 0 Å². The van der Waals surface area contributed by atoms with Gasteiger partial charge < -0.3 is 9.73 Å². The third-order valence-electron chi connectivity index (χ3n) is 4.74. The predicted molar refractivity (Wildman–Crippen MR) is 110 cm³/mol. The van der Waals surface area contributed by atoms with Gasteiger partial charge >= 0.3 is 0 Å². The van der Waals surface area contributed by atoms with E-state index in [1.54, 1.807) is 12.3 Å². The molecule has 2 aliphatic rings. The number of thioether (sulfide) groups is 1. The first-order chi connectivity index (χ1) is 14.4. The van der Waals surface area contributed by atoms with Gasteiger partial charge in [0, 0.05) is 18.3 Å². The molecule has 10 nitrogen and oxygen atoms in total. The number of rotatable bonds is 6. The Labute approximate surface area is 177 Å². The molecule has 3 heterocycles. The summed E-state index contributed by atoms with van der Waals surface area (Å²) in [6.07, 6.45) is 7.26. The lowest BCUT2D eigenvalue weighted by molar-refractivity contribution is -0.115. The van der Waals surface area contributed by atoms with Crippen LogP contribution < -0.4 is 15.4 Å². The molecule has 0 unspecified atom stereocenters. The Bertz CT molecular complexity index is 1080. The van der Waals surface area contributed by atoms with Crippen LogP contribution in [0.2, 0.25) is 0 Å². The third kappa shape index (κ3) is 4.89. The summed E-state index contributed by atoms with van der Waals surface area (Å²) < 4.78 is 32.2. The molecule has 0 atom stereocenters. The first-order valence-electron chi connectivity index (χ1n) is 9.29. The summed E-state index contributed by atoms with van der Waals surface area (Å²) in [6.45, 7) is 0. The van der Waals surface area contributed by atoms with Gasteiger partial charge in [-0.15, -0.1) is 0 Å². The Kier molecular flexibility index (Phi) is 5.88. The summed E-state index contributed by atoms with van der Waals surface area (Å²) >= 11 is 0.832. The van der Waals surface area contributed by atoms with Crippen LogP contribution in [0.4, 0.5) is 10.7 Å². The molecular formula is C18H19N5O5S2. The fourth-order valence-corrected chi connectivity index (χ4v) is 5.21. The van der Waals surface area contributed by atoms with Gasteiger partial charge in [0.1, 0.15) is 0 Å². The molecule has 0 bridgehead atoms. The number of imide groups is 1. The molecule has 4 rings (SSSR count). The van der Waals surface area contributed by atoms with Gasteiger partial charge in [0.25, 0.3) is 21.2 Å². The lowest BCUT2D eigenvalue weighted by Gasteiger charge is -2.29. The molecule has 1 aliphatic heterocycles. The number of carbonyl (C=O) groups is 2. The molecule has 2 aromatic rings. The minimum absolute atomic E-state index is 0.0853. The van der Waals surface area contributed by atoms with E-state index in [9.17, 15) is 18.0 Å². The van der Waals surface area contributed by atoms with Crippen molar-refractivity contribution in [3.63, 3.8) is 0 Å². The quantitative estimate of drug-likeness (QED) is 0.565. The fourth-order valence-electron chi connectivity index (χ4n) is 3.31. The topological polar surface area (TPSA) is 143 Å². The van der Waals surface area contributed by atoms with E-state index in [1.807, 2.05) is 0 Å². The maximum Gasteiger partial charge on any atom is 0.290 e. The van der Waals surface area contributed by atoms with Crippen LogP contribution in [0.1, 0.15) is 31.4 Å². The van der Waals surface area contributed by atoms with Crippen LogP contribution in [0.3, 0.4) is 0 Å². The molecular weight excluding hydrogens is 430 g/mol. The van der Waals surface area contributed by atoms with Gasteiger partial charge in [-0.3, -0.25) is 14.9 Å². The zero-order chi connectivity index (χ0) is 21.1. The summed E-state index contributed by atoms with van der Waals surface area (Å²) in [4.78, 5) is 31.8. The summed E-state index contributed by atoms with van der Waals surface area (Å²) in [5, 5.41) is 4.97. The molecule has 0 aromatic carbocycles. The molecule has 1 saturated heterocycles. The first kappa shape index (κ1) is 20.6. The largest absolute Gasteiger partial charge is 0.452 e. The van der Waals surface area contributed by atoms with Crippen molar-refractivity contribution in [1.29, 1.82) is 0 Å². The van der Waals surface area contributed by atoms with Crippen molar-refractivity contribution < 1.29 is 22.4 Å². The van der Waals surface area contributed by atoms with E-state index < -0.39 is 21.2 Å². The predicted octanol–water partition coefficient (Wildman–Crippen LogP) is 2.10. The highest BCUT2D eigenvalue weighted by Gasteiger charge is 2.28. The highest BCUT2D eigenvalue weighted by Crippen LogP contribution is 2.26. The van der Waals surface area contributed by atoms with Crippen molar-refractivity contribution in [3.8, 4) is 0 Å². The third-order valence-corrected chi connectivity index (χ3v) is 6.96. The van der Waals surface area contributed by atoms with E-state index in [4.69, 9.17) is 4.42 Å². The summed E-state index contributed by atoms with van der Waals surface area (Å²) in [6, 6.07) is 4.54. The zero-order valence-corrected chi connectivity index (χ0v) is 17.3. The van der Waals surface area contributed by atoms with Gasteiger partial charge in [-0.2, -0.15) is 0 Å². The monoisotopic (exact) mass is 449 g/mol. The standard InChI is InChI=1S/C18H19N5O5S2/c24-16-14(29-18(25)22-16)10-13-7-8-19-17(21-13)20-11-3-5-12(6-4-11)23-30(26,27)15-2-1-9-28-15/h1-2,7-12,23H,3-6H2,(H,19,20,21)(H,22,24,25)/b14-10-/t11-,12-. The number of nitrogens with one attached hydrogen (secondary N) is 3. The normalized spacial score (nSPS) is 23.5. The number of sulfonamides is 1. The number of hydrogen-bond acceptors (Lipinski definition) is 9. The van der Waals surface area contributed by atoms with Crippen LogP contribution >= 0.6 is 11.8 Å². The second kappa shape index (κ2) is 8.58. The average molecular weight is 450 g/mol. The maximum atomic E-state index is 12.3. The average Bonchev–Trinajstić information content (AvgIpc) is 3.34. The summed E-state index contributed by atoms with van der Waals surface area (Å²) in [5.41, 5.74) is 0.514. The molecule has 158 valence electrons. The van der Waals surface area contributed by atoms with Gasteiger partial charge in [-0.05, 0) is 61.7 Å². The van der Waals surface area contributed by atoms with Crippen molar-refractivity contribution in [1.82, 2.24) is 20.0 Å². The summed E-state index contributed by atoms with van der Waals surface area (Å²) in [7, 11) is -3.65. The van der Waals surface area contributed by atoms with Crippen molar-refractivity contribution in [3.05, 3.63) is 41.3 Å². The van der Waals surface area contributed by atoms with Gasteiger partial charge in [0.05, 0.1) is 16.9 Å². The Morgan fingerprint density at radius 1 is 1.17 bits per heavy atom. The van der Waals surface area contributed by atoms with Crippen LogP contribution in [-0.4, -0.2) is 41.6 Å². The van der Waals surface area contributed by atoms with Crippen molar-refractivity contribution in [2.24, 2.45) is 0 Å². The van der Waals surface area contributed by atoms with E-state index in [1.165, 1.54) is 24.5 Å². The van der Waals surface area contributed by atoms with Crippen LogP contribution in [0.25, 0.3) is 6.08 Å². The molecule has 1 saturated carbocycles. The van der Waals surface area contributed by atoms with E-state index in [-0.39, 0.29) is 22.1 Å². The summed E-state index contributed by atoms with van der Waals surface area (Å²) in [5.74, 6) is -0.0212. The molecule has 30 heavy (non-hydrogen) atoms.